The molecule has 0 aliphatic heterocycles. The summed E-state index contributed by atoms with van der Waals surface area (Å²) in [5.74, 6) is -6.82. The summed E-state index contributed by atoms with van der Waals surface area (Å²) in [4.78, 5) is 113. The molecular weight excluding hydrogens is 991 g/mol. The van der Waals surface area contributed by atoms with Crippen molar-refractivity contribution in [2.45, 2.75) is 132 Å². The van der Waals surface area contributed by atoms with Crippen molar-refractivity contribution in [2.75, 3.05) is 12.3 Å². The number of phenolic OH excluding ortho intramolecular Hbond substituents is 1. The van der Waals surface area contributed by atoms with E-state index in [1.807, 2.05) is 36.4 Å². The number of aliphatic hydroxyl groups excluding tert-OH is 1. The number of unbranched alkanes of at least 4 members (excludes halogenated alkanes) is 1. The molecule has 3 aromatic carbocycles. The number of nitrogens with two attached hydrogens (primary N) is 3. The van der Waals surface area contributed by atoms with E-state index in [-0.39, 0.29) is 43.7 Å². The van der Waals surface area contributed by atoms with Gasteiger partial charge in [0.05, 0.1) is 12.1 Å². The smallest absolute Gasteiger partial charge is 0.245 e. The number of carbonyl (C=O) groups is 8. The summed E-state index contributed by atoms with van der Waals surface area (Å²) in [5, 5.41) is 39.2. The minimum atomic E-state index is -1.76. The topological polar surface area (TPSA) is 355 Å². The summed E-state index contributed by atoms with van der Waals surface area (Å²) >= 11 is 8.80. The van der Waals surface area contributed by atoms with Crippen LogP contribution < -0.4 is 54.4 Å². The van der Waals surface area contributed by atoms with Gasteiger partial charge in [-0.3, -0.25) is 38.4 Å². The molecule has 23 heteroatoms. The van der Waals surface area contributed by atoms with Crippen LogP contribution in [0.5, 0.6) is 5.75 Å². The van der Waals surface area contributed by atoms with Crippen LogP contribution in [0.3, 0.4) is 0 Å². The third-order valence-electron chi connectivity index (χ3n) is 12.1. The molecule has 1 aromatic heterocycles. The van der Waals surface area contributed by atoms with E-state index in [0.717, 1.165) is 16.5 Å². The Bertz CT molecular complexity index is 2570. The van der Waals surface area contributed by atoms with Gasteiger partial charge in [-0.1, -0.05) is 60.7 Å². The summed E-state index contributed by atoms with van der Waals surface area (Å²) in [6.45, 7) is 7.29. The van der Waals surface area contributed by atoms with E-state index in [1.165, 1.54) is 46.8 Å². The Labute approximate surface area is 441 Å². The summed E-state index contributed by atoms with van der Waals surface area (Å²) in [6.07, 6.45) is 1.09. The molecule has 402 valence electrons. The van der Waals surface area contributed by atoms with E-state index in [0.29, 0.717) is 24.0 Å². The first-order valence-corrected chi connectivity index (χ1v) is 25.2. The summed E-state index contributed by atoms with van der Waals surface area (Å²) in [7, 11) is 0. The molecule has 74 heavy (non-hydrogen) atoms. The number of aromatic hydroxyl groups is 1. The summed E-state index contributed by atoms with van der Waals surface area (Å²) in [6, 6.07) is 13.0. The molecule has 8 amide bonds. The van der Waals surface area contributed by atoms with Crippen LogP contribution in [0.15, 0.2) is 85.1 Å². The molecule has 0 radical (unpaired) electrons. The molecule has 0 fully saturated rings. The van der Waals surface area contributed by atoms with Crippen LogP contribution >= 0.6 is 25.3 Å². The maximum Gasteiger partial charge on any atom is 0.245 e. The van der Waals surface area contributed by atoms with Gasteiger partial charge in [-0.15, -0.1) is 0 Å². The number of rotatable bonds is 28. The Hall–Kier alpha value is -6.66. The quantitative estimate of drug-likeness (QED) is 0.0257. The van der Waals surface area contributed by atoms with Crippen LogP contribution in [0.2, 0.25) is 0 Å². The number of benzene rings is 3. The first-order chi connectivity index (χ1) is 34.8. The van der Waals surface area contributed by atoms with Gasteiger partial charge in [0.1, 0.15) is 47.5 Å². The minimum absolute atomic E-state index is 0.0359. The Morgan fingerprint density at radius 3 is 1.80 bits per heavy atom. The van der Waals surface area contributed by atoms with E-state index < -0.39 is 106 Å². The van der Waals surface area contributed by atoms with Gasteiger partial charge in [0.2, 0.25) is 47.3 Å². The molecule has 8 atom stereocenters. The third kappa shape index (κ3) is 17.8. The lowest BCUT2D eigenvalue weighted by atomic mass is 9.97. The molecule has 4 rings (SSSR count). The zero-order valence-electron chi connectivity index (χ0n) is 42.1. The highest BCUT2D eigenvalue weighted by Gasteiger charge is 2.41. The molecule has 0 aliphatic carbocycles. The van der Waals surface area contributed by atoms with Crippen molar-refractivity contribution in [3.05, 3.63) is 102 Å². The predicted molar refractivity (Wildman–Crippen MR) is 286 cm³/mol. The number of H-pyrrole nitrogens is 1. The monoisotopic (exact) mass is 1060 g/mol. The van der Waals surface area contributed by atoms with Gasteiger partial charge in [-0.2, -0.15) is 25.3 Å². The zero-order chi connectivity index (χ0) is 54.9. The second-order valence-corrected chi connectivity index (χ2v) is 20.8. The second kappa shape index (κ2) is 27.6. The molecule has 4 aromatic rings. The number of nitrogens with one attached hydrogen (secondary N) is 8. The normalized spacial score (nSPS) is 14.9. The van der Waals surface area contributed by atoms with Gasteiger partial charge in [0.25, 0.3) is 0 Å². The zero-order valence-corrected chi connectivity index (χ0v) is 43.9. The highest BCUT2D eigenvalue weighted by atomic mass is 32.1. The van der Waals surface area contributed by atoms with E-state index in [9.17, 15) is 48.6 Å². The van der Waals surface area contributed by atoms with Crippen molar-refractivity contribution in [3.8, 4) is 5.75 Å². The summed E-state index contributed by atoms with van der Waals surface area (Å²) < 4.78 is -1.25. The number of hydrogen-bond acceptors (Lipinski definition) is 14. The Morgan fingerprint density at radius 2 is 1.22 bits per heavy atom. The molecule has 0 saturated heterocycles. The minimum Gasteiger partial charge on any atom is -0.508 e. The number of thiol groups is 2. The molecule has 16 N–H and O–H groups in total. The van der Waals surface area contributed by atoms with Gasteiger partial charge in [0, 0.05) is 40.4 Å². The Kier molecular flexibility index (Phi) is 22.3. The van der Waals surface area contributed by atoms with Gasteiger partial charge >= 0.3 is 0 Å². The molecule has 0 spiro atoms. The van der Waals surface area contributed by atoms with Crippen molar-refractivity contribution in [1.82, 2.24) is 42.2 Å². The van der Waals surface area contributed by atoms with Crippen molar-refractivity contribution < 1.29 is 48.6 Å². The lowest BCUT2D eigenvalue weighted by Crippen LogP contribution is -2.66. The van der Waals surface area contributed by atoms with Crippen molar-refractivity contribution in [1.29, 1.82) is 0 Å². The number of aliphatic hydroxyl groups is 1. The van der Waals surface area contributed by atoms with E-state index in [4.69, 9.17) is 17.2 Å². The lowest BCUT2D eigenvalue weighted by molar-refractivity contribution is -0.138. The maximum absolute atomic E-state index is 14.7. The fraction of sp³-hybridized carbons (Fsp3) is 0.451. The van der Waals surface area contributed by atoms with Crippen molar-refractivity contribution >= 4 is 83.4 Å². The fourth-order valence-electron chi connectivity index (χ4n) is 7.81. The highest BCUT2D eigenvalue weighted by molar-refractivity contribution is 7.81. The molecule has 0 aliphatic rings. The maximum atomic E-state index is 14.7. The molecule has 21 nitrogen and oxygen atoms in total. The number of aromatic amines is 1. The predicted octanol–water partition coefficient (Wildman–Crippen LogP) is -0.334. The Balaban J connectivity index is 1.63. The number of aromatic nitrogens is 1. The van der Waals surface area contributed by atoms with Crippen LogP contribution in [0.4, 0.5) is 0 Å². The number of carbonyl (C=O) groups excluding carboxylic acids is 8. The van der Waals surface area contributed by atoms with Crippen LogP contribution in [0, 0.1) is 0 Å². The molecule has 0 bridgehead atoms. The average Bonchev–Trinajstić information content (AvgIpc) is 3.75. The third-order valence-corrected chi connectivity index (χ3v) is 12.7. The number of hydrogen-bond donors (Lipinski definition) is 15. The van der Waals surface area contributed by atoms with Gasteiger partial charge in [-0.25, -0.2) is 0 Å². The average molecular weight is 1060 g/mol. The standard InChI is InChI=1S/C51H71N11O10S2/c1-28(63)40(42(54)65)60-48(71)41(51(4,5)74)61-49(72)50(2,3)62-47(70)36(17-11-12-22-52)56-45(68)38(25-31-26-55-35-16-10-9-15-33(31)35)58-44(67)37(24-30-18-20-32(64)21-19-30)57-46(69)39(27-73)59-43(66)34(53)23-29-13-7-6-8-14-29/h6-10,13-16,18-21,26,28,34,36-41,55,63-64,73-74H,11-12,17,22-25,27,52-53H2,1-5H3,(H2,54,65)(H,56,68)(H,57,69)(H,58,67)(H,59,66)(H,60,71)(H,61,72)(H,62,70)/t28-,34-,36+,37+,38-,39+,40+,41-/m1/s1. The van der Waals surface area contributed by atoms with Crippen LogP contribution in [-0.4, -0.2) is 133 Å². The summed E-state index contributed by atoms with van der Waals surface area (Å²) in [5.41, 5.74) is 18.3. The van der Waals surface area contributed by atoms with E-state index >= 15 is 0 Å². The number of phenols is 1. The Morgan fingerprint density at radius 1 is 0.662 bits per heavy atom. The van der Waals surface area contributed by atoms with Gasteiger partial charge < -0.3 is 69.6 Å². The van der Waals surface area contributed by atoms with Crippen LogP contribution in [-0.2, 0) is 57.6 Å². The SMILES string of the molecule is C[C@@H](O)[C@H](NC(=O)[C@@H](NC(=O)C(C)(C)NC(=O)[C@H](CCCCN)NC(=O)[C@@H](Cc1c[nH]c2ccccc12)NC(=O)[C@H](Cc1ccc(O)cc1)NC(=O)[C@H](CS)NC(=O)[C@H](N)Cc1ccccc1)C(C)(C)S)C(N)=O. The highest BCUT2D eigenvalue weighted by Crippen LogP contribution is 2.22. The largest absolute Gasteiger partial charge is 0.508 e. The van der Waals surface area contributed by atoms with Gasteiger partial charge in [-0.05, 0) is 102 Å². The van der Waals surface area contributed by atoms with E-state index in [2.05, 4.69) is 67.5 Å². The number of para-hydroxylation sites is 1. The number of primary amides is 1. The van der Waals surface area contributed by atoms with Crippen molar-refractivity contribution in [2.24, 2.45) is 17.2 Å². The van der Waals surface area contributed by atoms with Crippen LogP contribution in [0.25, 0.3) is 10.9 Å². The van der Waals surface area contributed by atoms with E-state index in [1.54, 1.807) is 36.5 Å². The van der Waals surface area contributed by atoms with Crippen molar-refractivity contribution in [3.63, 3.8) is 0 Å². The first-order valence-electron chi connectivity index (χ1n) is 24.1. The van der Waals surface area contributed by atoms with Crippen LogP contribution in [0.1, 0.15) is 70.6 Å². The number of amides is 8. The van der Waals surface area contributed by atoms with Gasteiger partial charge in [0.15, 0.2) is 0 Å². The molecular formula is C51H71N11O10S2. The number of fused-ring (bicyclic) bond motifs is 1. The fourth-order valence-corrected chi connectivity index (χ4v) is 8.25. The molecule has 1 heterocycles. The molecule has 0 unspecified atom stereocenters. The lowest BCUT2D eigenvalue weighted by Gasteiger charge is -2.35. The second-order valence-electron chi connectivity index (χ2n) is 19.2. The molecule has 0 saturated carbocycles. The first kappa shape index (κ1) is 59.9.